The van der Waals surface area contributed by atoms with Gasteiger partial charge < -0.3 is 10.6 Å². The number of amides is 2. The lowest BCUT2D eigenvalue weighted by atomic mass is 10.0. The molecule has 0 saturated carbocycles. The van der Waals surface area contributed by atoms with Gasteiger partial charge in [-0.05, 0) is 49.9 Å². The highest BCUT2D eigenvalue weighted by Gasteiger charge is 2.27. The Morgan fingerprint density at radius 2 is 1.70 bits per heavy atom. The molecular formula is C22H27N3O2. The van der Waals surface area contributed by atoms with E-state index >= 15 is 0 Å². The quantitative estimate of drug-likeness (QED) is 0.826. The molecule has 5 heteroatoms. The molecule has 0 spiro atoms. The highest BCUT2D eigenvalue weighted by Crippen LogP contribution is 2.31. The first-order valence-corrected chi connectivity index (χ1v) is 9.46. The number of aryl methyl sites for hydroxylation is 2. The largest absolute Gasteiger partial charge is 0.346 e. The summed E-state index contributed by atoms with van der Waals surface area (Å²) in [7, 11) is 0. The van der Waals surface area contributed by atoms with E-state index in [4.69, 9.17) is 0 Å². The fourth-order valence-electron chi connectivity index (χ4n) is 3.68. The molecule has 1 saturated heterocycles. The summed E-state index contributed by atoms with van der Waals surface area (Å²) in [5.74, 6) is -0.323. The average molecular weight is 365 g/mol. The second-order valence-electron chi connectivity index (χ2n) is 7.13. The SMILES string of the molecule is Cc1cccc(C)c1NC(=O)CNC(=O)CN1CCCC1c1ccccc1. The van der Waals surface area contributed by atoms with Crippen molar-refractivity contribution in [3.8, 4) is 0 Å². The molecule has 0 aromatic heterocycles. The molecule has 1 fully saturated rings. The molecule has 5 nitrogen and oxygen atoms in total. The molecule has 0 aliphatic carbocycles. The molecule has 1 aliphatic heterocycles. The zero-order valence-corrected chi connectivity index (χ0v) is 16.0. The highest BCUT2D eigenvalue weighted by atomic mass is 16.2. The van der Waals surface area contributed by atoms with E-state index in [1.807, 2.05) is 50.2 Å². The van der Waals surface area contributed by atoms with Crippen LogP contribution in [0.4, 0.5) is 5.69 Å². The van der Waals surface area contributed by atoms with Gasteiger partial charge in [0.05, 0.1) is 13.1 Å². The molecular weight excluding hydrogens is 338 g/mol. The van der Waals surface area contributed by atoms with Crippen LogP contribution in [-0.2, 0) is 9.59 Å². The molecule has 3 rings (SSSR count). The number of benzene rings is 2. The summed E-state index contributed by atoms with van der Waals surface area (Å²) in [6.07, 6.45) is 2.14. The summed E-state index contributed by atoms with van der Waals surface area (Å²) in [5.41, 5.74) is 4.09. The first-order valence-electron chi connectivity index (χ1n) is 9.46. The van der Waals surface area contributed by atoms with E-state index in [-0.39, 0.29) is 24.4 Å². The molecule has 1 aliphatic rings. The van der Waals surface area contributed by atoms with Gasteiger partial charge in [-0.1, -0.05) is 48.5 Å². The van der Waals surface area contributed by atoms with Gasteiger partial charge >= 0.3 is 0 Å². The number of rotatable bonds is 6. The summed E-state index contributed by atoms with van der Waals surface area (Å²) in [6, 6.07) is 16.4. The predicted molar refractivity (Wildman–Crippen MR) is 108 cm³/mol. The van der Waals surface area contributed by atoms with Crippen LogP contribution in [0.25, 0.3) is 0 Å². The van der Waals surface area contributed by atoms with Gasteiger partial charge in [-0.3, -0.25) is 14.5 Å². The van der Waals surface area contributed by atoms with Crippen molar-refractivity contribution >= 4 is 17.5 Å². The molecule has 1 heterocycles. The van der Waals surface area contributed by atoms with E-state index < -0.39 is 0 Å². The number of hydrogen-bond donors (Lipinski definition) is 2. The molecule has 2 amide bonds. The number of anilines is 1. The van der Waals surface area contributed by atoms with Crippen molar-refractivity contribution in [2.45, 2.75) is 32.7 Å². The Labute approximate surface area is 160 Å². The monoisotopic (exact) mass is 365 g/mol. The van der Waals surface area contributed by atoms with Gasteiger partial charge in [0.25, 0.3) is 0 Å². The zero-order valence-electron chi connectivity index (χ0n) is 16.0. The maximum atomic E-state index is 12.3. The number of nitrogens with zero attached hydrogens (tertiary/aromatic N) is 1. The Morgan fingerprint density at radius 1 is 1.00 bits per heavy atom. The molecule has 2 aromatic carbocycles. The summed E-state index contributed by atoms with van der Waals surface area (Å²) >= 11 is 0. The van der Waals surface area contributed by atoms with Crippen LogP contribution >= 0.6 is 0 Å². The fraction of sp³-hybridized carbons (Fsp3) is 0.364. The molecule has 1 unspecified atom stereocenters. The van der Waals surface area contributed by atoms with Crippen LogP contribution in [-0.4, -0.2) is 36.3 Å². The van der Waals surface area contributed by atoms with Crippen molar-refractivity contribution in [2.75, 3.05) is 25.0 Å². The van der Waals surface area contributed by atoms with E-state index in [9.17, 15) is 9.59 Å². The maximum absolute atomic E-state index is 12.3. The average Bonchev–Trinajstić information content (AvgIpc) is 3.12. The van der Waals surface area contributed by atoms with Crippen LogP contribution in [0.15, 0.2) is 48.5 Å². The number of likely N-dealkylation sites (tertiary alicyclic amines) is 1. The summed E-state index contributed by atoms with van der Waals surface area (Å²) in [6.45, 7) is 5.12. The van der Waals surface area contributed by atoms with Crippen molar-refractivity contribution < 1.29 is 9.59 Å². The van der Waals surface area contributed by atoms with E-state index in [0.29, 0.717) is 6.54 Å². The molecule has 1 atom stereocenters. The smallest absolute Gasteiger partial charge is 0.243 e. The minimum absolute atomic E-state index is 0.0174. The molecule has 2 aromatic rings. The molecule has 27 heavy (non-hydrogen) atoms. The van der Waals surface area contributed by atoms with Crippen LogP contribution in [0.3, 0.4) is 0 Å². The number of carbonyl (C=O) groups excluding carboxylic acids is 2. The van der Waals surface area contributed by atoms with Crippen molar-refractivity contribution in [1.29, 1.82) is 0 Å². The Kier molecular flexibility index (Phi) is 6.24. The van der Waals surface area contributed by atoms with E-state index in [2.05, 4.69) is 27.7 Å². The number of para-hydroxylation sites is 1. The van der Waals surface area contributed by atoms with Gasteiger partial charge in [-0.15, -0.1) is 0 Å². The molecule has 0 bridgehead atoms. The third kappa shape index (κ3) is 4.95. The van der Waals surface area contributed by atoms with Crippen molar-refractivity contribution in [3.63, 3.8) is 0 Å². The van der Waals surface area contributed by atoms with Crippen molar-refractivity contribution in [2.24, 2.45) is 0 Å². The fourth-order valence-corrected chi connectivity index (χ4v) is 3.68. The van der Waals surface area contributed by atoms with Gasteiger partial charge in [0, 0.05) is 11.7 Å². The van der Waals surface area contributed by atoms with Gasteiger partial charge in [-0.2, -0.15) is 0 Å². The first kappa shape index (κ1) is 19.1. The van der Waals surface area contributed by atoms with Crippen molar-refractivity contribution in [1.82, 2.24) is 10.2 Å². The Hall–Kier alpha value is -2.66. The Balaban J connectivity index is 1.50. The minimum Gasteiger partial charge on any atom is -0.346 e. The normalized spacial score (nSPS) is 16.9. The van der Waals surface area contributed by atoms with Gasteiger partial charge in [0.2, 0.25) is 11.8 Å². The van der Waals surface area contributed by atoms with E-state index in [0.717, 1.165) is 36.2 Å². The third-order valence-corrected chi connectivity index (χ3v) is 5.09. The molecule has 142 valence electrons. The Bertz CT molecular complexity index is 784. The lowest BCUT2D eigenvalue weighted by Crippen LogP contribution is -2.40. The topological polar surface area (TPSA) is 61.4 Å². The van der Waals surface area contributed by atoms with Crippen LogP contribution < -0.4 is 10.6 Å². The molecule has 0 radical (unpaired) electrons. The summed E-state index contributed by atoms with van der Waals surface area (Å²) in [5, 5.41) is 5.64. The highest BCUT2D eigenvalue weighted by molar-refractivity contribution is 5.95. The lowest BCUT2D eigenvalue weighted by molar-refractivity contribution is -0.125. The van der Waals surface area contributed by atoms with Crippen LogP contribution in [0.2, 0.25) is 0 Å². The second kappa shape index (κ2) is 8.82. The standard InChI is InChI=1S/C22H27N3O2/c1-16-8-6-9-17(2)22(16)24-20(26)14-23-21(27)15-25-13-7-12-19(25)18-10-4-3-5-11-18/h3-6,8-11,19H,7,12-15H2,1-2H3,(H,23,27)(H,24,26). The number of hydrogen-bond acceptors (Lipinski definition) is 3. The van der Waals surface area contributed by atoms with Crippen molar-refractivity contribution in [3.05, 3.63) is 65.2 Å². The van der Waals surface area contributed by atoms with E-state index in [1.54, 1.807) is 0 Å². The van der Waals surface area contributed by atoms with Gasteiger partial charge in [0.1, 0.15) is 0 Å². The number of carbonyl (C=O) groups is 2. The van der Waals surface area contributed by atoms with Crippen LogP contribution in [0.1, 0.15) is 35.6 Å². The summed E-state index contributed by atoms with van der Waals surface area (Å²) in [4.78, 5) is 26.7. The Morgan fingerprint density at radius 3 is 2.41 bits per heavy atom. The first-order chi connectivity index (χ1) is 13.0. The minimum atomic E-state index is -0.207. The number of nitrogens with one attached hydrogen (secondary N) is 2. The predicted octanol–water partition coefficient (Wildman–Crippen LogP) is 3.20. The summed E-state index contributed by atoms with van der Waals surface area (Å²) < 4.78 is 0. The second-order valence-corrected chi connectivity index (χ2v) is 7.13. The van der Waals surface area contributed by atoms with Gasteiger partial charge in [0.15, 0.2) is 0 Å². The van der Waals surface area contributed by atoms with E-state index in [1.165, 1.54) is 5.56 Å². The van der Waals surface area contributed by atoms with Crippen LogP contribution in [0.5, 0.6) is 0 Å². The maximum Gasteiger partial charge on any atom is 0.243 e. The molecule has 2 N–H and O–H groups in total. The van der Waals surface area contributed by atoms with Gasteiger partial charge in [-0.25, -0.2) is 0 Å². The lowest BCUT2D eigenvalue weighted by Gasteiger charge is -2.24. The zero-order chi connectivity index (χ0) is 19.2. The third-order valence-electron chi connectivity index (χ3n) is 5.09. The van der Waals surface area contributed by atoms with Crippen LogP contribution in [0, 0.1) is 13.8 Å².